The predicted octanol–water partition coefficient (Wildman–Crippen LogP) is 4.43. The number of amides is 2. The van der Waals surface area contributed by atoms with E-state index in [-0.39, 0.29) is 6.03 Å². The lowest BCUT2D eigenvalue weighted by atomic mass is 10.2. The summed E-state index contributed by atoms with van der Waals surface area (Å²) in [5.41, 5.74) is 2.69. The van der Waals surface area contributed by atoms with Gasteiger partial charge in [0.1, 0.15) is 22.3 Å². The number of fused-ring (bicyclic) bond motifs is 1. The van der Waals surface area contributed by atoms with Gasteiger partial charge in [0, 0.05) is 29.5 Å². The van der Waals surface area contributed by atoms with Crippen LogP contribution in [0.25, 0.3) is 10.6 Å². The van der Waals surface area contributed by atoms with E-state index in [1.807, 2.05) is 24.3 Å². The van der Waals surface area contributed by atoms with Crippen LogP contribution in [0.1, 0.15) is 10.6 Å². The number of carbonyl (C=O) groups is 1. The number of urea groups is 1. The van der Waals surface area contributed by atoms with Gasteiger partial charge in [-0.3, -0.25) is 0 Å². The Labute approximate surface area is 179 Å². The average molecular weight is 426 g/mol. The van der Waals surface area contributed by atoms with Crippen LogP contribution in [0.15, 0.2) is 42.5 Å². The van der Waals surface area contributed by atoms with Crippen LogP contribution in [0.3, 0.4) is 0 Å². The third kappa shape index (κ3) is 4.04. The number of anilines is 1. The van der Waals surface area contributed by atoms with Crippen molar-refractivity contribution in [2.45, 2.75) is 13.0 Å². The van der Waals surface area contributed by atoms with E-state index < -0.39 is 0 Å². The number of rotatable bonds is 5. The third-order valence-electron chi connectivity index (χ3n) is 4.99. The first-order valence-electron chi connectivity index (χ1n) is 9.52. The first-order chi connectivity index (χ1) is 14.6. The number of hydrogen-bond acceptors (Lipinski definition) is 6. The topological polar surface area (TPSA) is 72.9 Å². The largest absolute Gasteiger partial charge is 0.497 e. The van der Waals surface area contributed by atoms with Gasteiger partial charge in [-0.25, -0.2) is 9.78 Å². The zero-order valence-corrected chi connectivity index (χ0v) is 17.9. The van der Waals surface area contributed by atoms with Crippen molar-refractivity contribution in [3.05, 3.63) is 53.0 Å². The van der Waals surface area contributed by atoms with Gasteiger partial charge in [-0.2, -0.15) is 0 Å². The Balaban J connectivity index is 1.49. The maximum absolute atomic E-state index is 12.9. The van der Waals surface area contributed by atoms with Gasteiger partial charge in [-0.1, -0.05) is 12.1 Å². The quantitative estimate of drug-likeness (QED) is 0.655. The summed E-state index contributed by atoms with van der Waals surface area (Å²) in [7, 11) is 4.81. The van der Waals surface area contributed by atoms with Crippen molar-refractivity contribution < 1.29 is 19.0 Å². The highest BCUT2D eigenvalue weighted by atomic mass is 32.1. The fraction of sp³-hybridized carbons (Fsp3) is 0.273. The Hall–Kier alpha value is -3.26. The summed E-state index contributed by atoms with van der Waals surface area (Å²) >= 11 is 1.62. The number of thiazole rings is 1. The molecule has 8 heteroatoms. The summed E-state index contributed by atoms with van der Waals surface area (Å²) in [6.45, 7) is 1.14. The molecule has 3 aromatic rings. The first-order valence-corrected chi connectivity index (χ1v) is 10.3. The Morgan fingerprint density at radius 2 is 1.87 bits per heavy atom. The van der Waals surface area contributed by atoms with Gasteiger partial charge < -0.3 is 24.4 Å². The van der Waals surface area contributed by atoms with Crippen molar-refractivity contribution in [2.75, 3.05) is 33.2 Å². The summed E-state index contributed by atoms with van der Waals surface area (Å²) in [5.74, 6) is 2.02. The zero-order chi connectivity index (χ0) is 21.1. The van der Waals surface area contributed by atoms with Crippen LogP contribution in [0.4, 0.5) is 10.5 Å². The lowest BCUT2D eigenvalue weighted by Gasteiger charge is -2.26. The van der Waals surface area contributed by atoms with Gasteiger partial charge in [-0.05, 0) is 24.3 Å². The second kappa shape index (κ2) is 8.62. The molecular weight excluding hydrogens is 402 g/mol. The molecule has 0 fully saturated rings. The predicted molar refractivity (Wildman–Crippen MR) is 117 cm³/mol. The lowest BCUT2D eigenvalue weighted by Crippen LogP contribution is -2.38. The fourth-order valence-corrected chi connectivity index (χ4v) is 4.46. The minimum absolute atomic E-state index is 0.166. The van der Waals surface area contributed by atoms with Crippen molar-refractivity contribution in [1.82, 2.24) is 9.88 Å². The maximum Gasteiger partial charge on any atom is 0.322 e. The lowest BCUT2D eigenvalue weighted by molar-refractivity contribution is 0.206. The van der Waals surface area contributed by atoms with Crippen LogP contribution < -0.4 is 19.5 Å². The van der Waals surface area contributed by atoms with E-state index in [9.17, 15) is 4.79 Å². The zero-order valence-electron chi connectivity index (χ0n) is 17.1. The molecule has 2 amide bonds. The van der Waals surface area contributed by atoms with E-state index in [4.69, 9.17) is 19.2 Å². The maximum atomic E-state index is 12.9. The molecule has 4 rings (SSSR count). The summed E-state index contributed by atoms with van der Waals surface area (Å²) < 4.78 is 15.9. The molecular formula is C22H23N3O4S. The van der Waals surface area contributed by atoms with Crippen LogP contribution in [-0.2, 0) is 13.0 Å². The van der Waals surface area contributed by atoms with Gasteiger partial charge >= 0.3 is 6.03 Å². The van der Waals surface area contributed by atoms with Gasteiger partial charge in [0.25, 0.3) is 0 Å². The van der Waals surface area contributed by atoms with E-state index in [1.54, 1.807) is 55.8 Å². The van der Waals surface area contributed by atoms with Crippen molar-refractivity contribution in [1.29, 1.82) is 0 Å². The van der Waals surface area contributed by atoms with Crippen LogP contribution in [0.5, 0.6) is 17.2 Å². The van der Waals surface area contributed by atoms with E-state index >= 15 is 0 Å². The molecule has 1 N–H and O–H groups in total. The molecule has 0 atom stereocenters. The van der Waals surface area contributed by atoms with Gasteiger partial charge in [0.2, 0.25) is 0 Å². The molecule has 2 aromatic carbocycles. The van der Waals surface area contributed by atoms with E-state index in [1.165, 1.54) is 0 Å². The van der Waals surface area contributed by atoms with Crippen molar-refractivity contribution in [2.24, 2.45) is 0 Å². The second-order valence-electron chi connectivity index (χ2n) is 6.79. The third-order valence-corrected chi connectivity index (χ3v) is 6.12. The molecule has 0 bridgehead atoms. The van der Waals surface area contributed by atoms with Crippen LogP contribution in [0, 0.1) is 0 Å². The average Bonchev–Trinajstić information content (AvgIpc) is 3.22. The molecule has 156 valence electrons. The highest BCUT2D eigenvalue weighted by molar-refractivity contribution is 7.15. The first kappa shape index (κ1) is 20.0. The fourth-order valence-electron chi connectivity index (χ4n) is 3.34. The number of nitrogens with one attached hydrogen (secondary N) is 1. The van der Waals surface area contributed by atoms with Crippen LogP contribution in [-0.4, -0.2) is 43.8 Å². The molecule has 7 nitrogen and oxygen atoms in total. The van der Waals surface area contributed by atoms with Crippen molar-refractivity contribution in [3.63, 3.8) is 0 Å². The highest BCUT2D eigenvalue weighted by Gasteiger charge is 2.25. The van der Waals surface area contributed by atoms with Crippen molar-refractivity contribution >= 4 is 23.1 Å². The van der Waals surface area contributed by atoms with Gasteiger partial charge in [0.15, 0.2) is 0 Å². The number of aromatic nitrogens is 1. The molecule has 0 aliphatic carbocycles. The monoisotopic (exact) mass is 425 g/mol. The normalized spacial score (nSPS) is 12.8. The number of ether oxygens (including phenoxy) is 3. The Bertz CT molecular complexity index is 1070. The standard InChI is InChI=1S/C22H23N3O4S/c1-27-15-6-4-5-14(11-15)21-23-18-9-10-25(13-20(18)30-21)22(26)24-17-8-7-16(28-2)12-19(17)29-3/h4-8,11-12H,9-10,13H2,1-3H3,(H,24,26). The molecule has 0 spiro atoms. The highest BCUT2D eigenvalue weighted by Crippen LogP contribution is 2.34. The minimum atomic E-state index is -0.166. The number of methoxy groups -OCH3 is 3. The van der Waals surface area contributed by atoms with Gasteiger partial charge in [0.05, 0.1) is 39.3 Å². The van der Waals surface area contributed by atoms with E-state index in [2.05, 4.69) is 5.32 Å². The molecule has 1 aromatic heterocycles. The van der Waals surface area contributed by atoms with Gasteiger partial charge in [-0.15, -0.1) is 11.3 Å². The van der Waals surface area contributed by atoms with E-state index in [0.29, 0.717) is 30.3 Å². The number of hydrogen-bond donors (Lipinski definition) is 1. The molecule has 0 saturated heterocycles. The number of benzene rings is 2. The molecule has 1 aliphatic rings. The van der Waals surface area contributed by atoms with Crippen molar-refractivity contribution in [3.8, 4) is 27.8 Å². The second-order valence-corrected chi connectivity index (χ2v) is 7.87. The number of nitrogens with zero attached hydrogens (tertiary/aromatic N) is 2. The molecule has 0 radical (unpaired) electrons. The summed E-state index contributed by atoms with van der Waals surface area (Å²) in [5, 5.41) is 3.88. The molecule has 0 saturated carbocycles. The minimum Gasteiger partial charge on any atom is -0.497 e. The molecule has 0 unspecified atom stereocenters. The van der Waals surface area contributed by atoms with E-state index in [0.717, 1.165) is 33.3 Å². The Kier molecular flexibility index (Phi) is 5.76. The number of carbonyl (C=O) groups excluding carboxylic acids is 1. The summed E-state index contributed by atoms with van der Waals surface area (Å²) in [4.78, 5) is 20.5. The van der Waals surface area contributed by atoms with Crippen LogP contribution >= 0.6 is 11.3 Å². The SMILES string of the molecule is COc1cccc(-c2nc3c(s2)CN(C(=O)Nc2ccc(OC)cc2OC)CC3)c1. The summed E-state index contributed by atoms with van der Waals surface area (Å²) in [6, 6.07) is 13.0. The smallest absolute Gasteiger partial charge is 0.322 e. The molecule has 2 heterocycles. The Morgan fingerprint density at radius 3 is 2.63 bits per heavy atom. The Morgan fingerprint density at radius 1 is 1.07 bits per heavy atom. The molecule has 1 aliphatic heterocycles. The molecule has 30 heavy (non-hydrogen) atoms. The van der Waals surface area contributed by atoms with Crippen LogP contribution in [0.2, 0.25) is 0 Å². The summed E-state index contributed by atoms with van der Waals surface area (Å²) in [6.07, 6.45) is 0.725.